The van der Waals surface area contributed by atoms with Gasteiger partial charge in [-0.1, -0.05) is 0 Å². The number of fused-ring (bicyclic) bond motifs is 2. The molecule has 2 aliphatic heterocycles. The van der Waals surface area contributed by atoms with Crippen LogP contribution in [0.4, 0.5) is 5.69 Å². The minimum atomic E-state index is -0.119. The van der Waals surface area contributed by atoms with Gasteiger partial charge < -0.3 is 24.3 Å². The molecule has 0 spiro atoms. The number of nitrogens with one attached hydrogen (secondary N) is 1. The molecule has 26 heavy (non-hydrogen) atoms. The standard InChI is InChI=1S/C20H21NO5/c1-23-13-3-4-16(18(10-13)24-2)21-19(22)11-15-14-6-8-25-17(14)9-12-5-7-26-20(12)15/h3-4,9-10H,5-8,11H2,1-2H3,(H,21,22). The van der Waals surface area contributed by atoms with Gasteiger partial charge in [-0.05, 0) is 18.2 Å². The highest BCUT2D eigenvalue weighted by molar-refractivity contribution is 5.94. The van der Waals surface area contributed by atoms with Gasteiger partial charge in [0.2, 0.25) is 5.91 Å². The highest BCUT2D eigenvalue weighted by Gasteiger charge is 2.27. The lowest BCUT2D eigenvalue weighted by Crippen LogP contribution is -2.16. The summed E-state index contributed by atoms with van der Waals surface area (Å²) in [6.45, 7) is 1.30. The van der Waals surface area contributed by atoms with Crippen LogP contribution in [0.25, 0.3) is 0 Å². The third kappa shape index (κ3) is 2.92. The van der Waals surface area contributed by atoms with Crippen molar-refractivity contribution >= 4 is 11.6 Å². The van der Waals surface area contributed by atoms with Crippen molar-refractivity contribution < 1.29 is 23.7 Å². The average molecular weight is 355 g/mol. The molecular formula is C20H21NO5. The largest absolute Gasteiger partial charge is 0.497 e. The molecule has 2 aromatic carbocycles. The van der Waals surface area contributed by atoms with E-state index in [2.05, 4.69) is 11.4 Å². The molecule has 0 atom stereocenters. The number of benzene rings is 2. The second-order valence-electron chi connectivity index (χ2n) is 6.31. The highest BCUT2D eigenvalue weighted by atomic mass is 16.5. The van der Waals surface area contributed by atoms with Gasteiger partial charge in [0, 0.05) is 35.6 Å². The number of anilines is 1. The van der Waals surface area contributed by atoms with Gasteiger partial charge in [0.25, 0.3) is 0 Å². The van der Waals surface area contributed by atoms with Gasteiger partial charge >= 0.3 is 0 Å². The maximum absolute atomic E-state index is 12.7. The number of hydrogen-bond donors (Lipinski definition) is 1. The van der Waals surface area contributed by atoms with Crippen molar-refractivity contribution in [3.63, 3.8) is 0 Å². The molecule has 6 heteroatoms. The Morgan fingerprint density at radius 3 is 2.77 bits per heavy atom. The Kier molecular flexibility index (Phi) is 4.32. The first-order valence-corrected chi connectivity index (χ1v) is 8.64. The van der Waals surface area contributed by atoms with E-state index in [0.717, 1.165) is 41.0 Å². The van der Waals surface area contributed by atoms with Crippen molar-refractivity contribution in [2.75, 3.05) is 32.8 Å². The Hall–Kier alpha value is -2.89. The molecule has 0 unspecified atom stereocenters. The summed E-state index contributed by atoms with van der Waals surface area (Å²) in [6.07, 6.45) is 1.90. The van der Waals surface area contributed by atoms with Gasteiger partial charge in [0.1, 0.15) is 23.0 Å². The van der Waals surface area contributed by atoms with E-state index in [1.807, 2.05) is 0 Å². The van der Waals surface area contributed by atoms with E-state index < -0.39 is 0 Å². The van der Waals surface area contributed by atoms with Crippen LogP contribution in [0.15, 0.2) is 24.3 Å². The number of carbonyl (C=O) groups excluding carboxylic acids is 1. The van der Waals surface area contributed by atoms with Crippen LogP contribution in [0.3, 0.4) is 0 Å². The zero-order valence-electron chi connectivity index (χ0n) is 14.9. The van der Waals surface area contributed by atoms with Crippen LogP contribution in [0.1, 0.15) is 16.7 Å². The lowest BCUT2D eigenvalue weighted by Gasteiger charge is -2.14. The number of ether oxygens (including phenoxy) is 4. The molecule has 0 aliphatic carbocycles. The molecule has 136 valence electrons. The molecule has 4 rings (SSSR count). The molecule has 0 saturated heterocycles. The molecule has 0 radical (unpaired) electrons. The van der Waals surface area contributed by atoms with Gasteiger partial charge in [-0.15, -0.1) is 0 Å². The third-order valence-corrected chi connectivity index (χ3v) is 4.78. The molecule has 2 aliphatic rings. The molecule has 1 N–H and O–H groups in total. The number of rotatable bonds is 5. The Labute approximate surface area is 152 Å². The predicted octanol–water partition coefficient (Wildman–Crippen LogP) is 2.75. The van der Waals surface area contributed by atoms with E-state index in [1.54, 1.807) is 32.4 Å². The number of amides is 1. The van der Waals surface area contributed by atoms with Crippen molar-refractivity contribution in [2.45, 2.75) is 19.3 Å². The fraction of sp³-hybridized carbons (Fsp3) is 0.350. The first kappa shape index (κ1) is 16.6. The Morgan fingerprint density at radius 2 is 1.96 bits per heavy atom. The first-order chi connectivity index (χ1) is 12.7. The quantitative estimate of drug-likeness (QED) is 0.893. The summed E-state index contributed by atoms with van der Waals surface area (Å²) in [5.41, 5.74) is 3.76. The van der Waals surface area contributed by atoms with Crippen molar-refractivity contribution in [1.82, 2.24) is 0 Å². The van der Waals surface area contributed by atoms with Crippen molar-refractivity contribution in [3.05, 3.63) is 41.0 Å². The SMILES string of the molecule is COc1ccc(NC(=O)Cc2c3c(cc4c2OCC4)OCC3)c(OC)c1. The lowest BCUT2D eigenvalue weighted by atomic mass is 9.97. The molecule has 0 fully saturated rings. The van der Waals surface area contributed by atoms with Crippen LogP contribution in [-0.2, 0) is 24.1 Å². The summed E-state index contributed by atoms with van der Waals surface area (Å²) < 4.78 is 22.0. The highest BCUT2D eigenvalue weighted by Crippen LogP contribution is 2.41. The molecule has 1 amide bonds. The van der Waals surface area contributed by atoms with Crippen LogP contribution in [0.5, 0.6) is 23.0 Å². The summed E-state index contributed by atoms with van der Waals surface area (Å²) in [5, 5.41) is 2.93. The predicted molar refractivity (Wildman–Crippen MR) is 96.7 cm³/mol. The Bertz CT molecular complexity index is 830. The van der Waals surface area contributed by atoms with Crippen LogP contribution >= 0.6 is 0 Å². The van der Waals surface area contributed by atoms with Crippen LogP contribution < -0.4 is 24.3 Å². The monoisotopic (exact) mass is 355 g/mol. The fourth-order valence-corrected chi connectivity index (χ4v) is 3.53. The summed E-state index contributed by atoms with van der Waals surface area (Å²) >= 11 is 0. The second kappa shape index (κ2) is 6.78. The molecule has 2 heterocycles. The van der Waals surface area contributed by atoms with E-state index in [-0.39, 0.29) is 12.3 Å². The van der Waals surface area contributed by atoms with E-state index in [0.29, 0.717) is 30.4 Å². The molecular weight excluding hydrogens is 334 g/mol. The van der Waals surface area contributed by atoms with Crippen molar-refractivity contribution in [2.24, 2.45) is 0 Å². The van der Waals surface area contributed by atoms with Crippen LogP contribution in [-0.4, -0.2) is 33.3 Å². The number of hydrogen-bond acceptors (Lipinski definition) is 5. The third-order valence-electron chi connectivity index (χ3n) is 4.78. The zero-order valence-corrected chi connectivity index (χ0v) is 14.9. The molecule has 2 aromatic rings. The summed E-state index contributed by atoms with van der Waals surface area (Å²) in [7, 11) is 3.15. The molecule has 6 nitrogen and oxygen atoms in total. The van der Waals surface area contributed by atoms with Gasteiger partial charge in [-0.3, -0.25) is 4.79 Å². The van der Waals surface area contributed by atoms with Crippen molar-refractivity contribution in [1.29, 1.82) is 0 Å². The van der Waals surface area contributed by atoms with Crippen LogP contribution in [0.2, 0.25) is 0 Å². The molecule has 0 saturated carbocycles. The fourth-order valence-electron chi connectivity index (χ4n) is 3.53. The maximum atomic E-state index is 12.7. The normalized spacial score (nSPS) is 14.1. The first-order valence-electron chi connectivity index (χ1n) is 8.64. The van der Waals surface area contributed by atoms with Gasteiger partial charge in [-0.25, -0.2) is 0 Å². The van der Waals surface area contributed by atoms with E-state index in [9.17, 15) is 4.79 Å². The topological polar surface area (TPSA) is 66.0 Å². The maximum Gasteiger partial charge on any atom is 0.229 e. The summed E-state index contributed by atoms with van der Waals surface area (Å²) in [5.74, 6) is 2.85. The summed E-state index contributed by atoms with van der Waals surface area (Å²) in [6, 6.07) is 7.35. The summed E-state index contributed by atoms with van der Waals surface area (Å²) in [4.78, 5) is 12.7. The van der Waals surface area contributed by atoms with Gasteiger partial charge in [0.05, 0.1) is 39.5 Å². The van der Waals surface area contributed by atoms with Crippen molar-refractivity contribution in [3.8, 4) is 23.0 Å². The Balaban J connectivity index is 1.59. The van der Waals surface area contributed by atoms with E-state index in [1.165, 1.54) is 0 Å². The minimum Gasteiger partial charge on any atom is -0.497 e. The lowest BCUT2D eigenvalue weighted by molar-refractivity contribution is -0.115. The Morgan fingerprint density at radius 1 is 1.12 bits per heavy atom. The number of methoxy groups -OCH3 is 2. The van der Waals surface area contributed by atoms with E-state index in [4.69, 9.17) is 18.9 Å². The van der Waals surface area contributed by atoms with E-state index >= 15 is 0 Å². The smallest absolute Gasteiger partial charge is 0.229 e. The van der Waals surface area contributed by atoms with Gasteiger partial charge in [0.15, 0.2) is 0 Å². The number of carbonyl (C=O) groups is 1. The zero-order chi connectivity index (χ0) is 18.1. The second-order valence-corrected chi connectivity index (χ2v) is 6.31. The molecule has 0 aromatic heterocycles. The van der Waals surface area contributed by atoms with Gasteiger partial charge in [-0.2, -0.15) is 0 Å². The molecule has 0 bridgehead atoms. The van der Waals surface area contributed by atoms with Crippen LogP contribution in [0, 0.1) is 0 Å². The average Bonchev–Trinajstić information content (AvgIpc) is 3.30. The minimum absolute atomic E-state index is 0.119.